The van der Waals surface area contributed by atoms with Gasteiger partial charge in [-0.15, -0.1) is 0 Å². The number of rotatable bonds is 8. The lowest BCUT2D eigenvalue weighted by Gasteiger charge is -2.31. The third kappa shape index (κ3) is 5.48. The van der Waals surface area contributed by atoms with Crippen molar-refractivity contribution >= 4 is 5.91 Å². The van der Waals surface area contributed by atoms with E-state index in [0.29, 0.717) is 6.54 Å². The maximum atomic E-state index is 12.5. The Balaban J connectivity index is 1.34. The normalized spacial score (nSPS) is 16.5. The van der Waals surface area contributed by atoms with Crippen LogP contribution < -0.4 is 14.8 Å². The van der Waals surface area contributed by atoms with E-state index in [1.165, 1.54) is 5.56 Å². The fourth-order valence-electron chi connectivity index (χ4n) is 4.11. The zero-order valence-electron chi connectivity index (χ0n) is 18.5. The van der Waals surface area contributed by atoms with E-state index < -0.39 is 0 Å². The molecule has 7 heteroatoms. The SMILES string of the molecule is COc1cccc(CNC(=O)c2cc([C@H]3CCCN(Cc4cccc(OC)c4)C3)no2)c1. The highest BCUT2D eigenvalue weighted by molar-refractivity contribution is 5.91. The van der Waals surface area contributed by atoms with Gasteiger partial charge in [0.05, 0.1) is 19.9 Å². The van der Waals surface area contributed by atoms with Gasteiger partial charge in [0.15, 0.2) is 0 Å². The highest BCUT2D eigenvalue weighted by Crippen LogP contribution is 2.28. The van der Waals surface area contributed by atoms with Crippen molar-refractivity contribution in [1.82, 2.24) is 15.4 Å². The number of carbonyl (C=O) groups excluding carboxylic acids is 1. The highest BCUT2D eigenvalue weighted by atomic mass is 16.5. The number of nitrogens with zero attached hydrogens (tertiary/aromatic N) is 2. The molecule has 1 aliphatic heterocycles. The summed E-state index contributed by atoms with van der Waals surface area (Å²) in [6.07, 6.45) is 2.12. The molecule has 1 N–H and O–H groups in total. The molecule has 0 radical (unpaired) electrons. The molecule has 2 heterocycles. The summed E-state index contributed by atoms with van der Waals surface area (Å²) >= 11 is 0. The van der Waals surface area contributed by atoms with E-state index in [0.717, 1.165) is 55.2 Å². The summed E-state index contributed by atoms with van der Waals surface area (Å²) in [5.74, 6) is 1.85. The molecule has 1 aromatic heterocycles. The molecule has 4 rings (SSSR count). The predicted molar refractivity (Wildman–Crippen MR) is 121 cm³/mol. The van der Waals surface area contributed by atoms with E-state index in [4.69, 9.17) is 14.0 Å². The van der Waals surface area contributed by atoms with Gasteiger partial charge in [0.1, 0.15) is 11.5 Å². The van der Waals surface area contributed by atoms with Gasteiger partial charge < -0.3 is 19.3 Å². The summed E-state index contributed by atoms with van der Waals surface area (Å²) < 4.78 is 15.9. The third-order valence-electron chi connectivity index (χ3n) is 5.80. The molecule has 1 fully saturated rings. The molecule has 0 spiro atoms. The van der Waals surface area contributed by atoms with Gasteiger partial charge >= 0.3 is 0 Å². The Morgan fingerprint density at radius 3 is 2.56 bits per heavy atom. The van der Waals surface area contributed by atoms with Crippen LogP contribution in [0.4, 0.5) is 0 Å². The van der Waals surface area contributed by atoms with Crippen LogP contribution in [0.5, 0.6) is 11.5 Å². The lowest BCUT2D eigenvalue weighted by molar-refractivity contribution is 0.0913. The van der Waals surface area contributed by atoms with E-state index in [2.05, 4.69) is 27.5 Å². The quantitative estimate of drug-likeness (QED) is 0.576. The first-order valence-corrected chi connectivity index (χ1v) is 10.9. The Morgan fingerprint density at radius 1 is 1.09 bits per heavy atom. The molecule has 1 amide bonds. The lowest BCUT2D eigenvalue weighted by Crippen LogP contribution is -2.34. The Morgan fingerprint density at radius 2 is 1.81 bits per heavy atom. The monoisotopic (exact) mass is 435 g/mol. The van der Waals surface area contributed by atoms with Crippen molar-refractivity contribution in [2.45, 2.75) is 31.8 Å². The minimum absolute atomic E-state index is 0.243. The molecule has 0 saturated carbocycles. The molecule has 168 valence electrons. The van der Waals surface area contributed by atoms with Gasteiger partial charge in [0, 0.05) is 31.6 Å². The van der Waals surface area contributed by atoms with Crippen molar-refractivity contribution in [3.8, 4) is 11.5 Å². The van der Waals surface area contributed by atoms with Crippen molar-refractivity contribution in [3.63, 3.8) is 0 Å². The molecular weight excluding hydrogens is 406 g/mol. The predicted octanol–water partition coefficient (Wildman–Crippen LogP) is 4.00. The zero-order valence-corrected chi connectivity index (χ0v) is 18.5. The van der Waals surface area contributed by atoms with Crippen LogP contribution in [0.25, 0.3) is 0 Å². The van der Waals surface area contributed by atoms with Crippen LogP contribution in [0.3, 0.4) is 0 Å². The van der Waals surface area contributed by atoms with Crippen LogP contribution in [-0.4, -0.2) is 43.3 Å². The summed E-state index contributed by atoms with van der Waals surface area (Å²) in [5.41, 5.74) is 3.02. The average molecular weight is 436 g/mol. The second kappa shape index (κ2) is 10.3. The van der Waals surface area contributed by atoms with Crippen molar-refractivity contribution < 1.29 is 18.8 Å². The van der Waals surface area contributed by atoms with E-state index in [9.17, 15) is 4.79 Å². The summed E-state index contributed by atoms with van der Waals surface area (Å²) in [6.45, 7) is 3.18. The number of hydrogen-bond donors (Lipinski definition) is 1. The first-order chi connectivity index (χ1) is 15.6. The third-order valence-corrected chi connectivity index (χ3v) is 5.80. The number of benzene rings is 2. The van der Waals surface area contributed by atoms with Crippen molar-refractivity contribution in [2.75, 3.05) is 27.3 Å². The van der Waals surface area contributed by atoms with Gasteiger partial charge in [-0.3, -0.25) is 9.69 Å². The lowest BCUT2D eigenvalue weighted by atomic mass is 9.94. The standard InChI is InChI=1S/C25H29N3O4/c1-30-21-9-3-6-18(12-21)15-26-25(29)24-14-23(27-32-24)20-8-5-11-28(17-20)16-19-7-4-10-22(13-19)31-2/h3-4,6-7,9-10,12-14,20H,5,8,11,15-17H2,1-2H3,(H,26,29)/t20-/m0/s1. The summed E-state index contributed by atoms with van der Waals surface area (Å²) in [5, 5.41) is 7.09. The van der Waals surface area contributed by atoms with Gasteiger partial charge in [-0.05, 0) is 54.8 Å². The fourth-order valence-corrected chi connectivity index (χ4v) is 4.11. The van der Waals surface area contributed by atoms with Crippen LogP contribution in [0.1, 0.15) is 46.1 Å². The molecule has 32 heavy (non-hydrogen) atoms. The zero-order chi connectivity index (χ0) is 22.3. The van der Waals surface area contributed by atoms with Gasteiger partial charge in [-0.1, -0.05) is 29.4 Å². The van der Waals surface area contributed by atoms with Gasteiger partial charge in [0.25, 0.3) is 5.91 Å². The molecule has 0 aliphatic carbocycles. The van der Waals surface area contributed by atoms with Crippen molar-refractivity contribution in [1.29, 1.82) is 0 Å². The van der Waals surface area contributed by atoms with Gasteiger partial charge in [-0.25, -0.2) is 0 Å². The Bertz CT molecular complexity index is 1050. The fraction of sp³-hybridized carbons (Fsp3) is 0.360. The number of carbonyl (C=O) groups is 1. The number of piperidine rings is 1. The second-order valence-corrected chi connectivity index (χ2v) is 8.08. The topological polar surface area (TPSA) is 76.8 Å². The molecule has 1 aliphatic rings. The smallest absolute Gasteiger partial charge is 0.290 e. The minimum atomic E-state index is -0.268. The summed E-state index contributed by atoms with van der Waals surface area (Å²) in [7, 11) is 3.31. The number of hydrogen-bond acceptors (Lipinski definition) is 6. The number of aromatic nitrogens is 1. The minimum Gasteiger partial charge on any atom is -0.497 e. The van der Waals surface area contributed by atoms with Crippen LogP contribution in [0.2, 0.25) is 0 Å². The van der Waals surface area contributed by atoms with Gasteiger partial charge in [-0.2, -0.15) is 0 Å². The summed E-state index contributed by atoms with van der Waals surface area (Å²) in [4.78, 5) is 15.0. The van der Waals surface area contributed by atoms with E-state index >= 15 is 0 Å². The Kier molecular flexibility index (Phi) is 7.07. The van der Waals surface area contributed by atoms with Crippen LogP contribution in [-0.2, 0) is 13.1 Å². The largest absolute Gasteiger partial charge is 0.497 e. The first kappa shape index (κ1) is 21.9. The van der Waals surface area contributed by atoms with Gasteiger partial charge in [0.2, 0.25) is 5.76 Å². The highest BCUT2D eigenvalue weighted by Gasteiger charge is 2.25. The maximum Gasteiger partial charge on any atom is 0.290 e. The Hall–Kier alpha value is -3.32. The molecule has 1 saturated heterocycles. The van der Waals surface area contributed by atoms with Crippen LogP contribution in [0.15, 0.2) is 59.1 Å². The van der Waals surface area contributed by atoms with E-state index in [1.54, 1.807) is 20.3 Å². The molecule has 3 aromatic rings. The second-order valence-electron chi connectivity index (χ2n) is 8.08. The number of ether oxygens (including phenoxy) is 2. The molecule has 1 atom stereocenters. The molecular formula is C25H29N3O4. The average Bonchev–Trinajstić information content (AvgIpc) is 3.33. The van der Waals surface area contributed by atoms with E-state index in [1.807, 2.05) is 36.4 Å². The maximum absolute atomic E-state index is 12.5. The molecule has 2 aromatic carbocycles. The number of likely N-dealkylation sites (tertiary alicyclic amines) is 1. The Labute approximate surface area is 188 Å². The first-order valence-electron chi connectivity index (χ1n) is 10.9. The van der Waals surface area contributed by atoms with Crippen LogP contribution >= 0.6 is 0 Å². The molecule has 7 nitrogen and oxygen atoms in total. The number of amides is 1. The van der Waals surface area contributed by atoms with Crippen molar-refractivity contribution in [3.05, 3.63) is 77.2 Å². The molecule has 0 bridgehead atoms. The molecule has 0 unspecified atom stereocenters. The summed E-state index contributed by atoms with van der Waals surface area (Å²) in [6, 6.07) is 17.5. The number of methoxy groups -OCH3 is 2. The van der Waals surface area contributed by atoms with Crippen LogP contribution in [0, 0.1) is 0 Å². The van der Waals surface area contributed by atoms with Crippen molar-refractivity contribution in [2.24, 2.45) is 0 Å². The number of nitrogens with one attached hydrogen (secondary N) is 1. The van der Waals surface area contributed by atoms with E-state index in [-0.39, 0.29) is 17.6 Å².